The zero-order chi connectivity index (χ0) is 17.7. The molecule has 4 aliphatic carbocycles. The van der Waals surface area contributed by atoms with Crippen molar-refractivity contribution in [1.29, 1.82) is 0 Å². The first-order chi connectivity index (χ1) is 11.9. The Balaban J connectivity index is 1.48. The van der Waals surface area contributed by atoms with Crippen molar-refractivity contribution in [3.63, 3.8) is 0 Å². The molecule has 0 amide bonds. The van der Waals surface area contributed by atoms with E-state index in [4.69, 9.17) is 0 Å². The Kier molecular flexibility index (Phi) is 4.82. The van der Waals surface area contributed by atoms with Crippen LogP contribution in [-0.4, -0.2) is 5.78 Å². The molecule has 4 aliphatic rings. The summed E-state index contributed by atoms with van der Waals surface area (Å²) in [5.41, 5.74) is 1.27. The highest BCUT2D eigenvalue weighted by Gasteiger charge is 2.59. The van der Waals surface area contributed by atoms with Crippen LogP contribution in [0.25, 0.3) is 0 Å². The Morgan fingerprint density at radius 3 is 2.48 bits per heavy atom. The van der Waals surface area contributed by atoms with Crippen molar-refractivity contribution in [1.82, 2.24) is 0 Å². The van der Waals surface area contributed by atoms with Gasteiger partial charge in [0.25, 0.3) is 0 Å². The fourth-order valence-electron chi connectivity index (χ4n) is 8.48. The number of hydrogen-bond acceptors (Lipinski definition) is 1. The van der Waals surface area contributed by atoms with Crippen LogP contribution in [0.5, 0.6) is 0 Å². The van der Waals surface area contributed by atoms with Gasteiger partial charge in [-0.15, -0.1) is 0 Å². The second-order valence-corrected chi connectivity index (χ2v) is 10.8. The maximum atomic E-state index is 11.3. The van der Waals surface area contributed by atoms with Crippen molar-refractivity contribution < 1.29 is 4.79 Å². The van der Waals surface area contributed by atoms with Crippen molar-refractivity contribution >= 4 is 5.78 Å². The lowest BCUT2D eigenvalue weighted by Gasteiger charge is -2.60. The van der Waals surface area contributed by atoms with Gasteiger partial charge < -0.3 is 4.79 Å². The highest BCUT2D eigenvalue weighted by molar-refractivity contribution is 5.75. The van der Waals surface area contributed by atoms with E-state index in [-0.39, 0.29) is 0 Å². The van der Waals surface area contributed by atoms with Gasteiger partial charge in [0.1, 0.15) is 5.78 Å². The van der Waals surface area contributed by atoms with Crippen LogP contribution < -0.4 is 0 Å². The molecule has 1 heteroatoms. The Morgan fingerprint density at radius 1 is 0.880 bits per heavy atom. The normalized spacial score (nSPS) is 49.2. The second kappa shape index (κ2) is 6.68. The molecule has 0 heterocycles. The van der Waals surface area contributed by atoms with Crippen LogP contribution in [-0.2, 0) is 4.79 Å². The van der Waals surface area contributed by atoms with Gasteiger partial charge in [0, 0.05) is 6.42 Å². The van der Waals surface area contributed by atoms with Gasteiger partial charge in [-0.05, 0) is 112 Å². The first-order valence-corrected chi connectivity index (χ1v) is 11.4. The molecule has 0 radical (unpaired) electrons. The van der Waals surface area contributed by atoms with E-state index in [0.29, 0.717) is 16.6 Å². The van der Waals surface area contributed by atoms with Crippen molar-refractivity contribution in [3.05, 3.63) is 0 Å². The zero-order valence-corrected chi connectivity index (χ0v) is 17.0. The largest absolute Gasteiger partial charge is 0.300 e. The summed E-state index contributed by atoms with van der Waals surface area (Å²) in [5.74, 6) is 5.37. The molecule has 0 aliphatic heterocycles. The van der Waals surface area contributed by atoms with Crippen molar-refractivity contribution in [3.8, 4) is 0 Å². The molecule has 0 saturated heterocycles. The summed E-state index contributed by atoms with van der Waals surface area (Å²) in [6.07, 6.45) is 18.3. The number of ketones is 1. The van der Waals surface area contributed by atoms with Crippen LogP contribution in [0.4, 0.5) is 0 Å². The Hall–Kier alpha value is -0.330. The molecule has 0 aromatic carbocycles. The summed E-state index contributed by atoms with van der Waals surface area (Å²) in [4.78, 5) is 11.3. The molecule has 0 aromatic heterocycles. The molecule has 4 unspecified atom stereocenters. The SMILES string of the molecule is CC(=O)CCC[C@H]1CCC2C3CCC4CCCC[C@]4(C)C3CC[C@@]21C. The molecular formula is C24H40O. The molecule has 4 fully saturated rings. The Morgan fingerprint density at radius 2 is 1.68 bits per heavy atom. The fourth-order valence-corrected chi connectivity index (χ4v) is 8.48. The summed E-state index contributed by atoms with van der Waals surface area (Å²) >= 11 is 0. The minimum atomic E-state index is 0.381. The molecule has 1 nitrogen and oxygen atoms in total. The van der Waals surface area contributed by atoms with E-state index in [2.05, 4.69) is 13.8 Å². The lowest BCUT2D eigenvalue weighted by molar-refractivity contribution is -0.117. The van der Waals surface area contributed by atoms with E-state index >= 15 is 0 Å². The molecule has 4 saturated carbocycles. The highest BCUT2D eigenvalue weighted by Crippen LogP contribution is 2.67. The van der Waals surface area contributed by atoms with Crippen molar-refractivity contribution in [2.75, 3.05) is 0 Å². The first-order valence-electron chi connectivity index (χ1n) is 11.4. The van der Waals surface area contributed by atoms with Crippen LogP contribution >= 0.6 is 0 Å². The molecule has 0 bridgehead atoms. The highest BCUT2D eigenvalue weighted by atomic mass is 16.1. The maximum Gasteiger partial charge on any atom is 0.129 e. The number of Topliss-reactive ketones (excluding diaryl/α,β-unsaturated/α-hetero) is 1. The Labute approximate surface area is 155 Å². The second-order valence-electron chi connectivity index (χ2n) is 10.8. The number of fused-ring (bicyclic) bond motifs is 5. The molecule has 0 aromatic rings. The summed E-state index contributed by atoms with van der Waals surface area (Å²) in [6.45, 7) is 7.10. The van der Waals surface area contributed by atoms with Gasteiger partial charge >= 0.3 is 0 Å². The fraction of sp³-hybridized carbons (Fsp3) is 0.958. The molecule has 7 atom stereocenters. The summed E-state index contributed by atoms with van der Waals surface area (Å²) in [7, 11) is 0. The zero-order valence-electron chi connectivity index (χ0n) is 17.0. The molecule has 0 N–H and O–H groups in total. The number of carbonyl (C=O) groups excluding carboxylic acids is 1. The van der Waals surface area contributed by atoms with Gasteiger partial charge in [-0.2, -0.15) is 0 Å². The van der Waals surface area contributed by atoms with E-state index in [1.54, 1.807) is 6.92 Å². The van der Waals surface area contributed by atoms with Crippen LogP contribution in [0.1, 0.15) is 104 Å². The van der Waals surface area contributed by atoms with Crippen LogP contribution in [0.2, 0.25) is 0 Å². The third-order valence-corrected chi connectivity index (χ3v) is 9.86. The topological polar surface area (TPSA) is 17.1 Å². The van der Waals surface area contributed by atoms with Crippen molar-refractivity contribution in [2.45, 2.75) is 104 Å². The predicted molar refractivity (Wildman–Crippen MR) is 104 cm³/mol. The lowest BCUT2D eigenvalue weighted by Crippen LogP contribution is -2.52. The number of rotatable bonds is 4. The van der Waals surface area contributed by atoms with E-state index in [1.807, 2.05) is 0 Å². The summed E-state index contributed by atoms with van der Waals surface area (Å²) in [5, 5.41) is 0. The maximum absolute atomic E-state index is 11.3. The molecule has 4 rings (SSSR count). The van der Waals surface area contributed by atoms with Gasteiger partial charge in [0.05, 0.1) is 0 Å². The third kappa shape index (κ3) is 2.92. The van der Waals surface area contributed by atoms with E-state index in [1.165, 1.54) is 70.6 Å². The van der Waals surface area contributed by atoms with E-state index in [0.717, 1.165) is 42.4 Å². The first kappa shape index (κ1) is 18.1. The lowest BCUT2D eigenvalue weighted by atomic mass is 9.45. The standard InChI is InChI=1S/C24H40O/c1-17(25)7-6-9-19-11-13-21-20-12-10-18-8-4-5-15-23(18,2)22(20)14-16-24(19,21)3/h18-22H,4-16H2,1-3H3/t18?,19-,20?,21?,22?,23-,24+/m0/s1. The molecule has 25 heavy (non-hydrogen) atoms. The van der Waals surface area contributed by atoms with Gasteiger partial charge in [-0.25, -0.2) is 0 Å². The smallest absolute Gasteiger partial charge is 0.129 e. The molecule has 0 spiro atoms. The molecule has 142 valence electrons. The Bertz CT molecular complexity index is 510. The average molecular weight is 345 g/mol. The minimum absolute atomic E-state index is 0.381. The minimum Gasteiger partial charge on any atom is -0.300 e. The van der Waals surface area contributed by atoms with Crippen molar-refractivity contribution in [2.24, 2.45) is 40.4 Å². The van der Waals surface area contributed by atoms with Gasteiger partial charge in [0.2, 0.25) is 0 Å². The average Bonchev–Trinajstić information content (AvgIpc) is 2.91. The van der Waals surface area contributed by atoms with Gasteiger partial charge in [-0.1, -0.05) is 26.7 Å². The quantitative estimate of drug-likeness (QED) is 0.548. The summed E-state index contributed by atoms with van der Waals surface area (Å²) < 4.78 is 0. The molecular weight excluding hydrogens is 304 g/mol. The van der Waals surface area contributed by atoms with E-state index < -0.39 is 0 Å². The number of hydrogen-bond donors (Lipinski definition) is 0. The monoisotopic (exact) mass is 344 g/mol. The van der Waals surface area contributed by atoms with Crippen LogP contribution in [0, 0.1) is 40.4 Å². The summed E-state index contributed by atoms with van der Waals surface area (Å²) in [6, 6.07) is 0. The van der Waals surface area contributed by atoms with Crippen LogP contribution in [0.15, 0.2) is 0 Å². The van der Waals surface area contributed by atoms with Crippen LogP contribution in [0.3, 0.4) is 0 Å². The predicted octanol–water partition coefficient (Wildman–Crippen LogP) is 6.79. The van der Waals surface area contributed by atoms with Gasteiger partial charge in [0.15, 0.2) is 0 Å². The number of carbonyl (C=O) groups is 1. The van der Waals surface area contributed by atoms with Gasteiger partial charge in [-0.3, -0.25) is 0 Å². The third-order valence-electron chi connectivity index (χ3n) is 9.86. The van der Waals surface area contributed by atoms with E-state index in [9.17, 15) is 4.79 Å².